The van der Waals surface area contributed by atoms with E-state index >= 15 is 0 Å². The third-order valence-corrected chi connectivity index (χ3v) is 3.70. The molecule has 2 nitrogen and oxygen atoms in total. The number of rotatable bonds is 3. The van der Waals surface area contributed by atoms with Crippen molar-refractivity contribution in [1.29, 1.82) is 0 Å². The first-order chi connectivity index (χ1) is 8.33. The van der Waals surface area contributed by atoms with Crippen LogP contribution < -0.4 is 5.32 Å². The van der Waals surface area contributed by atoms with Crippen molar-refractivity contribution in [2.24, 2.45) is 0 Å². The lowest BCUT2D eigenvalue weighted by Crippen LogP contribution is -2.05. The van der Waals surface area contributed by atoms with Crippen molar-refractivity contribution in [2.75, 3.05) is 5.32 Å². The van der Waals surface area contributed by atoms with Crippen molar-refractivity contribution >= 4 is 27.1 Å². The summed E-state index contributed by atoms with van der Waals surface area (Å²) in [7, 11) is 0. The molecule has 17 heavy (non-hydrogen) atoms. The van der Waals surface area contributed by atoms with Crippen LogP contribution >= 0.6 is 11.3 Å². The maximum Gasteiger partial charge on any atom is 0.125 e. The Labute approximate surface area is 104 Å². The van der Waals surface area contributed by atoms with Crippen LogP contribution in [0, 0.1) is 0 Å². The van der Waals surface area contributed by atoms with Crippen molar-refractivity contribution in [1.82, 2.24) is 0 Å². The van der Waals surface area contributed by atoms with Gasteiger partial charge >= 0.3 is 0 Å². The first-order valence-corrected chi connectivity index (χ1v) is 6.48. The summed E-state index contributed by atoms with van der Waals surface area (Å²) in [5.41, 5.74) is 1.12. The Morgan fingerprint density at radius 2 is 2.18 bits per heavy atom. The fourth-order valence-corrected chi connectivity index (χ4v) is 2.69. The first kappa shape index (κ1) is 10.4. The van der Waals surface area contributed by atoms with E-state index in [2.05, 4.69) is 41.9 Å². The number of furan rings is 1. The minimum absolute atomic E-state index is 0.182. The van der Waals surface area contributed by atoms with Gasteiger partial charge in [-0.3, -0.25) is 0 Å². The highest BCUT2D eigenvalue weighted by Gasteiger charge is 2.07. The molecule has 1 aromatic carbocycles. The molecule has 0 aliphatic rings. The number of fused-ring (bicyclic) bond motifs is 1. The Kier molecular flexibility index (Phi) is 2.61. The molecule has 0 amide bonds. The molecule has 3 aromatic rings. The van der Waals surface area contributed by atoms with Gasteiger partial charge in [-0.1, -0.05) is 0 Å². The van der Waals surface area contributed by atoms with E-state index in [-0.39, 0.29) is 6.04 Å². The molecule has 2 heterocycles. The monoisotopic (exact) mass is 243 g/mol. The van der Waals surface area contributed by atoms with Crippen molar-refractivity contribution in [2.45, 2.75) is 13.0 Å². The average Bonchev–Trinajstić information content (AvgIpc) is 2.99. The Hall–Kier alpha value is -1.74. The van der Waals surface area contributed by atoms with E-state index in [4.69, 9.17) is 4.42 Å². The van der Waals surface area contributed by atoms with Gasteiger partial charge in [0.15, 0.2) is 0 Å². The second-order valence-electron chi connectivity index (χ2n) is 4.05. The number of nitrogens with one attached hydrogen (secondary N) is 1. The smallest absolute Gasteiger partial charge is 0.125 e. The van der Waals surface area contributed by atoms with Gasteiger partial charge in [0.1, 0.15) is 5.76 Å². The van der Waals surface area contributed by atoms with E-state index in [0.29, 0.717) is 0 Å². The maximum atomic E-state index is 5.38. The first-order valence-electron chi connectivity index (χ1n) is 5.60. The molecule has 1 N–H and O–H groups in total. The minimum atomic E-state index is 0.182. The molecule has 86 valence electrons. The molecule has 0 bridgehead atoms. The topological polar surface area (TPSA) is 25.2 Å². The minimum Gasteiger partial charge on any atom is -0.467 e. The SMILES string of the molecule is CC(Nc1ccc2sccc2c1)c1ccco1. The summed E-state index contributed by atoms with van der Waals surface area (Å²) in [6, 6.07) is 12.7. The number of benzene rings is 1. The zero-order valence-corrected chi connectivity index (χ0v) is 10.3. The van der Waals surface area contributed by atoms with Gasteiger partial charge in [-0.25, -0.2) is 0 Å². The molecular formula is C14H13NOS. The summed E-state index contributed by atoms with van der Waals surface area (Å²) in [6.07, 6.45) is 1.70. The molecule has 0 fully saturated rings. The Balaban J connectivity index is 1.84. The van der Waals surface area contributed by atoms with Crippen molar-refractivity contribution in [3.8, 4) is 0 Å². The summed E-state index contributed by atoms with van der Waals surface area (Å²) < 4.78 is 6.70. The largest absolute Gasteiger partial charge is 0.467 e. The van der Waals surface area contributed by atoms with E-state index in [9.17, 15) is 0 Å². The molecule has 0 aliphatic heterocycles. The fourth-order valence-electron chi connectivity index (χ4n) is 1.92. The van der Waals surface area contributed by atoms with Crippen LogP contribution in [0.3, 0.4) is 0 Å². The van der Waals surface area contributed by atoms with Gasteiger partial charge in [0, 0.05) is 10.4 Å². The molecule has 2 aromatic heterocycles. The Bertz CT molecular complexity index is 612. The third kappa shape index (κ3) is 2.06. The molecule has 0 aliphatic carbocycles. The van der Waals surface area contributed by atoms with Crippen LogP contribution in [0.25, 0.3) is 10.1 Å². The summed E-state index contributed by atoms with van der Waals surface area (Å²) in [5, 5.41) is 6.84. The van der Waals surface area contributed by atoms with E-state index < -0.39 is 0 Å². The zero-order chi connectivity index (χ0) is 11.7. The van der Waals surface area contributed by atoms with Gasteiger partial charge in [0.05, 0.1) is 12.3 Å². The Morgan fingerprint density at radius 3 is 3.00 bits per heavy atom. The van der Waals surface area contributed by atoms with Gasteiger partial charge in [-0.15, -0.1) is 11.3 Å². The highest BCUT2D eigenvalue weighted by Crippen LogP contribution is 2.26. The molecule has 3 heteroatoms. The van der Waals surface area contributed by atoms with Crippen LogP contribution in [-0.2, 0) is 0 Å². The Morgan fingerprint density at radius 1 is 1.24 bits per heavy atom. The number of thiophene rings is 1. The predicted octanol–water partition coefficient (Wildman–Crippen LogP) is 4.67. The number of hydrogen-bond acceptors (Lipinski definition) is 3. The molecule has 3 rings (SSSR count). The van der Waals surface area contributed by atoms with Gasteiger partial charge in [-0.2, -0.15) is 0 Å². The van der Waals surface area contributed by atoms with Crippen molar-refractivity contribution < 1.29 is 4.42 Å². The van der Waals surface area contributed by atoms with E-state index in [1.165, 1.54) is 10.1 Å². The zero-order valence-electron chi connectivity index (χ0n) is 9.51. The van der Waals surface area contributed by atoms with Crippen LogP contribution in [-0.4, -0.2) is 0 Å². The molecule has 1 unspecified atom stereocenters. The number of hydrogen-bond donors (Lipinski definition) is 1. The standard InChI is InChI=1S/C14H13NOS/c1-10(13-3-2-7-16-13)15-12-4-5-14-11(9-12)6-8-17-14/h2-10,15H,1H3. The van der Waals surface area contributed by atoms with Crippen LogP contribution in [0.4, 0.5) is 5.69 Å². The van der Waals surface area contributed by atoms with Gasteiger partial charge in [-0.05, 0) is 54.1 Å². The second-order valence-corrected chi connectivity index (χ2v) is 5.00. The highest BCUT2D eigenvalue weighted by atomic mass is 32.1. The van der Waals surface area contributed by atoms with Gasteiger partial charge in [0.2, 0.25) is 0 Å². The lowest BCUT2D eigenvalue weighted by Gasteiger charge is -2.12. The number of anilines is 1. The summed E-state index contributed by atoms with van der Waals surface area (Å²) in [4.78, 5) is 0. The predicted molar refractivity (Wildman–Crippen MR) is 72.6 cm³/mol. The lowest BCUT2D eigenvalue weighted by molar-refractivity contribution is 0.490. The molecule has 0 saturated heterocycles. The summed E-state index contributed by atoms with van der Waals surface area (Å²) in [6.45, 7) is 2.09. The normalized spacial score (nSPS) is 12.8. The van der Waals surface area contributed by atoms with E-state index in [1.54, 1.807) is 17.6 Å². The summed E-state index contributed by atoms with van der Waals surface area (Å²) >= 11 is 1.77. The summed E-state index contributed by atoms with van der Waals surface area (Å²) in [5.74, 6) is 0.954. The van der Waals surface area contributed by atoms with Gasteiger partial charge in [0.25, 0.3) is 0 Å². The third-order valence-electron chi connectivity index (χ3n) is 2.81. The molecule has 0 radical (unpaired) electrons. The maximum absolute atomic E-state index is 5.38. The van der Waals surface area contributed by atoms with E-state index in [1.807, 2.05) is 12.1 Å². The average molecular weight is 243 g/mol. The van der Waals surface area contributed by atoms with Gasteiger partial charge < -0.3 is 9.73 Å². The van der Waals surface area contributed by atoms with Crippen LogP contribution in [0.5, 0.6) is 0 Å². The fraction of sp³-hybridized carbons (Fsp3) is 0.143. The molecule has 1 atom stereocenters. The van der Waals surface area contributed by atoms with Crippen molar-refractivity contribution in [3.05, 3.63) is 53.8 Å². The molecular weight excluding hydrogens is 230 g/mol. The molecule has 0 saturated carbocycles. The quantitative estimate of drug-likeness (QED) is 0.723. The van der Waals surface area contributed by atoms with Crippen molar-refractivity contribution in [3.63, 3.8) is 0 Å². The molecule has 0 spiro atoms. The van der Waals surface area contributed by atoms with E-state index in [0.717, 1.165) is 11.4 Å². The van der Waals surface area contributed by atoms with Crippen LogP contribution in [0.15, 0.2) is 52.5 Å². The lowest BCUT2D eigenvalue weighted by atomic mass is 10.2. The second kappa shape index (κ2) is 4.26. The van der Waals surface area contributed by atoms with Crippen LogP contribution in [0.1, 0.15) is 18.7 Å². The van der Waals surface area contributed by atoms with Crippen LogP contribution in [0.2, 0.25) is 0 Å². The highest BCUT2D eigenvalue weighted by molar-refractivity contribution is 7.17.